The molecule has 4 heteroatoms. The molecule has 0 saturated carbocycles. The van der Waals surface area contributed by atoms with Crippen LogP contribution in [0.25, 0.3) is 10.4 Å². The van der Waals surface area contributed by atoms with Gasteiger partial charge in [-0.2, -0.15) is 0 Å². The van der Waals surface area contributed by atoms with Gasteiger partial charge in [0, 0.05) is 10.6 Å². The molecule has 50 valence electrons. The molecule has 0 aromatic heterocycles. The van der Waals surface area contributed by atoms with Crippen LogP contribution in [0.2, 0.25) is 0 Å². The summed E-state index contributed by atoms with van der Waals surface area (Å²) in [6.45, 7) is 0. The van der Waals surface area contributed by atoms with Crippen LogP contribution in [0.15, 0.2) is 29.4 Å². The predicted molar refractivity (Wildman–Crippen MR) is 36.9 cm³/mol. The van der Waals surface area contributed by atoms with Crippen LogP contribution in [0.4, 0.5) is 5.69 Å². The van der Waals surface area contributed by atoms with Crippen LogP contribution in [-0.2, 0) is 0 Å². The van der Waals surface area contributed by atoms with Crippen LogP contribution in [0.1, 0.15) is 0 Å². The quantitative estimate of drug-likeness (QED) is 0.358. The SMILES string of the molecule is [N-]=[N+]=Nc1cccc(O)c1. The van der Waals surface area contributed by atoms with Crippen LogP contribution < -0.4 is 0 Å². The molecule has 1 rings (SSSR count). The van der Waals surface area contributed by atoms with E-state index in [1.165, 1.54) is 12.1 Å². The van der Waals surface area contributed by atoms with Crippen molar-refractivity contribution in [1.29, 1.82) is 0 Å². The summed E-state index contributed by atoms with van der Waals surface area (Å²) in [5.74, 6) is 0.102. The van der Waals surface area contributed by atoms with Crippen molar-refractivity contribution < 1.29 is 5.11 Å². The number of rotatable bonds is 1. The number of azide groups is 1. The van der Waals surface area contributed by atoms with Crippen LogP contribution in [0.5, 0.6) is 5.75 Å². The Labute approximate surface area is 57.4 Å². The second kappa shape index (κ2) is 2.75. The van der Waals surface area contributed by atoms with Crippen molar-refractivity contribution in [2.75, 3.05) is 0 Å². The molecule has 0 spiro atoms. The highest BCUT2D eigenvalue weighted by Crippen LogP contribution is 2.17. The van der Waals surface area contributed by atoms with Gasteiger partial charge in [0.25, 0.3) is 0 Å². The third-order valence-electron chi connectivity index (χ3n) is 0.990. The zero-order chi connectivity index (χ0) is 7.40. The van der Waals surface area contributed by atoms with Gasteiger partial charge in [0.05, 0.1) is 0 Å². The number of nitrogens with zero attached hydrogens (tertiary/aromatic N) is 3. The minimum atomic E-state index is 0.102. The Bertz CT molecular complexity index is 278. The van der Waals surface area contributed by atoms with Crippen molar-refractivity contribution >= 4 is 5.69 Å². The fraction of sp³-hybridized carbons (Fsp3) is 0. The molecule has 4 nitrogen and oxygen atoms in total. The van der Waals surface area contributed by atoms with E-state index in [0.717, 1.165) is 0 Å². The summed E-state index contributed by atoms with van der Waals surface area (Å²) in [7, 11) is 0. The molecule has 0 fully saturated rings. The summed E-state index contributed by atoms with van der Waals surface area (Å²) in [6.07, 6.45) is 0. The maximum Gasteiger partial charge on any atom is 0.116 e. The maximum atomic E-state index is 8.86. The summed E-state index contributed by atoms with van der Waals surface area (Å²) >= 11 is 0. The first-order chi connectivity index (χ1) is 4.83. The molecule has 1 N–H and O–H groups in total. The molecule has 0 aliphatic heterocycles. The molecular formula is C6H5N3O. The lowest BCUT2D eigenvalue weighted by Gasteiger charge is -1.90. The monoisotopic (exact) mass is 135 g/mol. The van der Waals surface area contributed by atoms with E-state index < -0.39 is 0 Å². The lowest BCUT2D eigenvalue weighted by Crippen LogP contribution is -1.61. The molecule has 10 heavy (non-hydrogen) atoms. The molecule has 0 unspecified atom stereocenters. The number of hydrogen-bond acceptors (Lipinski definition) is 2. The lowest BCUT2D eigenvalue weighted by atomic mass is 10.3. The first-order valence-corrected chi connectivity index (χ1v) is 2.67. The van der Waals surface area contributed by atoms with Gasteiger partial charge in [-0.25, -0.2) is 0 Å². The third kappa shape index (κ3) is 1.40. The molecule has 0 radical (unpaired) electrons. The van der Waals surface area contributed by atoms with Crippen LogP contribution in [0, 0.1) is 0 Å². The van der Waals surface area contributed by atoms with Crippen molar-refractivity contribution in [2.45, 2.75) is 0 Å². The molecule has 0 heterocycles. The summed E-state index contributed by atoms with van der Waals surface area (Å²) in [5.41, 5.74) is 8.41. The lowest BCUT2D eigenvalue weighted by molar-refractivity contribution is 0.475. The number of phenolic OH excluding ortho intramolecular Hbond substituents is 1. The largest absolute Gasteiger partial charge is 0.508 e. The molecule has 1 aromatic carbocycles. The van der Waals surface area contributed by atoms with Gasteiger partial charge >= 0.3 is 0 Å². The van der Waals surface area contributed by atoms with Gasteiger partial charge in [-0.15, -0.1) is 0 Å². The topological polar surface area (TPSA) is 69.0 Å². The van der Waals surface area contributed by atoms with Gasteiger partial charge < -0.3 is 5.11 Å². The van der Waals surface area contributed by atoms with Crippen molar-refractivity contribution in [3.05, 3.63) is 34.7 Å². The Balaban J connectivity index is 3.06. The van der Waals surface area contributed by atoms with Crippen molar-refractivity contribution in [1.82, 2.24) is 0 Å². The van der Waals surface area contributed by atoms with E-state index in [2.05, 4.69) is 10.0 Å². The van der Waals surface area contributed by atoms with Crippen LogP contribution in [-0.4, -0.2) is 5.11 Å². The van der Waals surface area contributed by atoms with E-state index in [-0.39, 0.29) is 5.75 Å². The highest BCUT2D eigenvalue weighted by atomic mass is 16.3. The zero-order valence-corrected chi connectivity index (χ0v) is 5.10. The van der Waals surface area contributed by atoms with Crippen molar-refractivity contribution in [2.24, 2.45) is 5.11 Å². The normalized spacial score (nSPS) is 8.40. The summed E-state index contributed by atoms with van der Waals surface area (Å²) < 4.78 is 0. The first-order valence-electron chi connectivity index (χ1n) is 2.67. The standard InChI is InChI=1S/C6H5N3O/c7-9-8-5-2-1-3-6(10)4-5/h1-4,10H. The third-order valence-corrected chi connectivity index (χ3v) is 0.990. The first kappa shape index (κ1) is 6.45. The highest BCUT2D eigenvalue weighted by molar-refractivity contribution is 5.42. The van der Waals surface area contributed by atoms with Crippen molar-refractivity contribution in [3.63, 3.8) is 0 Å². The second-order valence-electron chi connectivity index (χ2n) is 1.71. The van der Waals surface area contributed by atoms with Gasteiger partial charge in [0.2, 0.25) is 0 Å². The molecule has 0 aliphatic carbocycles. The molecule has 1 aromatic rings. The Morgan fingerprint density at radius 1 is 1.50 bits per heavy atom. The fourth-order valence-electron chi connectivity index (χ4n) is 0.607. The highest BCUT2D eigenvalue weighted by Gasteiger charge is 1.87. The van der Waals surface area contributed by atoms with E-state index in [9.17, 15) is 0 Å². The second-order valence-corrected chi connectivity index (χ2v) is 1.71. The minimum Gasteiger partial charge on any atom is -0.508 e. The Morgan fingerprint density at radius 3 is 2.90 bits per heavy atom. The molecule has 0 bridgehead atoms. The zero-order valence-electron chi connectivity index (χ0n) is 5.10. The van der Waals surface area contributed by atoms with E-state index in [1.807, 2.05) is 0 Å². The predicted octanol–water partition coefficient (Wildman–Crippen LogP) is 2.33. The van der Waals surface area contributed by atoms with Crippen LogP contribution in [0.3, 0.4) is 0 Å². The minimum absolute atomic E-state index is 0.102. The average molecular weight is 135 g/mol. The van der Waals surface area contributed by atoms with Crippen molar-refractivity contribution in [3.8, 4) is 5.75 Å². The molecular weight excluding hydrogens is 130 g/mol. The molecule has 0 saturated heterocycles. The van der Waals surface area contributed by atoms with Crippen LogP contribution >= 0.6 is 0 Å². The van der Waals surface area contributed by atoms with Gasteiger partial charge in [-0.05, 0) is 17.7 Å². The Kier molecular flexibility index (Phi) is 1.78. The summed E-state index contributed by atoms with van der Waals surface area (Å²) in [5, 5.41) is 12.1. The van der Waals surface area contributed by atoms with Gasteiger partial charge in [0.15, 0.2) is 0 Å². The smallest absolute Gasteiger partial charge is 0.116 e. The van der Waals surface area contributed by atoms with E-state index in [4.69, 9.17) is 10.6 Å². The number of hydrogen-bond donors (Lipinski definition) is 1. The van der Waals surface area contributed by atoms with E-state index in [0.29, 0.717) is 5.69 Å². The van der Waals surface area contributed by atoms with Gasteiger partial charge in [-0.3, -0.25) is 0 Å². The number of phenols is 1. The number of aromatic hydroxyl groups is 1. The number of benzene rings is 1. The molecule has 0 atom stereocenters. The summed E-state index contributed by atoms with van der Waals surface area (Å²) in [4.78, 5) is 2.56. The fourth-order valence-corrected chi connectivity index (χ4v) is 0.607. The summed E-state index contributed by atoms with van der Waals surface area (Å²) in [6, 6.07) is 6.12. The van der Waals surface area contributed by atoms with Gasteiger partial charge in [-0.1, -0.05) is 17.2 Å². The molecule has 0 amide bonds. The van der Waals surface area contributed by atoms with Gasteiger partial charge in [0.1, 0.15) is 5.75 Å². The Hall–Kier alpha value is -1.67. The van der Waals surface area contributed by atoms with E-state index >= 15 is 0 Å². The Morgan fingerprint density at radius 2 is 2.30 bits per heavy atom. The van der Waals surface area contributed by atoms with E-state index in [1.54, 1.807) is 12.1 Å². The maximum absolute atomic E-state index is 8.86. The average Bonchev–Trinajstić information content (AvgIpc) is 1.88. The molecule has 0 aliphatic rings.